The summed E-state index contributed by atoms with van der Waals surface area (Å²) in [4.78, 5) is 24.6. The maximum absolute atomic E-state index is 13.1. The lowest BCUT2D eigenvalue weighted by atomic mass is 9.89. The number of fused-ring (bicyclic) bond motifs is 1. The standard InChI is InChI=1S/C22H24N4O2/c23-21(27)16-9-6-10-17(13-16)24-22(28)20-18-11-4-5-12-19(18)25-26(20)14-15-7-2-1-3-8-15/h4-6,9-13,15H,1-3,7-8,14H2,(H2,23,27)(H,24,28). The van der Waals surface area contributed by atoms with Gasteiger partial charge in [0, 0.05) is 23.2 Å². The molecule has 1 aliphatic carbocycles. The van der Waals surface area contributed by atoms with Crippen LogP contribution < -0.4 is 11.1 Å². The second kappa shape index (κ2) is 7.84. The molecule has 2 aromatic carbocycles. The zero-order chi connectivity index (χ0) is 19.5. The normalized spacial score (nSPS) is 14.9. The molecule has 0 unspecified atom stereocenters. The molecule has 1 saturated carbocycles. The van der Waals surface area contributed by atoms with E-state index in [0.29, 0.717) is 22.9 Å². The molecule has 2 amide bonds. The first kappa shape index (κ1) is 18.2. The van der Waals surface area contributed by atoms with Crippen LogP contribution in [0.15, 0.2) is 48.5 Å². The number of anilines is 1. The smallest absolute Gasteiger partial charge is 0.274 e. The average molecular weight is 376 g/mol. The zero-order valence-electron chi connectivity index (χ0n) is 15.7. The van der Waals surface area contributed by atoms with E-state index in [2.05, 4.69) is 5.32 Å². The predicted octanol–water partition coefficient (Wildman–Crippen LogP) is 3.97. The van der Waals surface area contributed by atoms with Crippen LogP contribution in [0.5, 0.6) is 0 Å². The summed E-state index contributed by atoms with van der Waals surface area (Å²) >= 11 is 0. The van der Waals surface area contributed by atoms with Crippen molar-refractivity contribution in [3.8, 4) is 0 Å². The number of rotatable bonds is 5. The van der Waals surface area contributed by atoms with E-state index in [1.807, 2.05) is 28.9 Å². The van der Waals surface area contributed by atoms with Crippen molar-refractivity contribution in [2.45, 2.75) is 38.6 Å². The number of carbonyl (C=O) groups excluding carboxylic acids is 2. The average Bonchev–Trinajstić information content (AvgIpc) is 3.06. The maximum atomic E-state index is 13.1. The minimum Gasteiger partial charge on any atom is -0.366 e. The molecular weight excluding hydrogens is 352 g/mol. The van der Waals surface area contributed by atoms with Crippen LogP contribution in [0, 0.1) is 5.92 Å². The molecule has 3 N–H and O–H groups in total. The lowest BCUT2D eigenvalue weighted by Gasteiger charge is -2.22. The van der Waals surface area contributed by atoms with Crippen LogP contribution in [-0.4, -0.2) is 21.6 Å². The second-order valence-corrected chi connectivity index (χ2v) is 7.45. The Morgan fingerprint density at radius 1 is 1.07 bits per heavy atom. The van der Waals surface area contributed by atoms with Crippen molar-refractivity contribution in [1.29, 1.82) is 0 Å². The Hall–Kier alpha value is -3.15. The molecule has 6 heteroatoms. The topological polar surface area (TPSA) is 90.0 Å². The van der Waals surface area contributed by atoms with Crippen molar-refractivity contribution >= 4 is 28.4 Å². The number of nitrogens with two attached hydrogens (primary N) is 1. The maximum Gasteiger partial charge on any atom is 0.274 e. The molecular formula is C22H24N4O2. The summed E-state index contributed by atoms with van der Waals surface area (Å²) in [7, 11) is 0. The van der Waals surface area contributed by atoms with E-state index in [0.717, 1.165) is 17.4 Å². The van der Waals surface area contributed by atoms with Gasteiger partial charge in [-0.05, 0) is 43.0 Å². The third-order valence-corrected chi connectivity index (χ3v) is 5.42. The Balaban J connectivity index is 1.66. The van der Waals surface area contributed by atoms with Gasteiger partial charge in [-0.2, -0.15) is 5.10 Å². The van der Waals surface area contributed by atoms with Gasteiger partial charge in [0.05, 0.1) is 5.52 Å². The number of carbonyl (C=O) groups is 2. The fraction of sp³-hybridized carbons (Fsp3) is 0.318. The van der Waals surface area contributed by atoms with Crippen LogP contribution in [0.25, 0.3) is 10.9 Å². The second-order valence-electron chi connectivity index (χ2n) is 7.45. The Kier molecular flexibility index (Phi) is 5.10. The lowest BCUT2D eigenvalue weighted by molar-refractivity contribution is 0.0994. The van der Waals surface area contributed by atoms with Crippen molar-refractivity contribution in [2.75, 3.05) is 5.32 Å². The van der Waals surface area contributed by atoms with E-state index in [-0.39, 0.29) is 5.91 Å². The number of amides is 2. The minimum atomic E-state index is -0.524. The fourth-order valence-corrected chi connectivity index (χ4v) is 4.01. The van der Waals surface area contributed by atoms with Gasteiger partial charge in [0.15, 0.2) is 0 Å². The first-order chi connectivity index (χ1) is 13.6. The van der Waals surface area contributed by atoms with E-state index in [9.17, 15) is 9.59 Å². The third kappa shape index (κ3) is 3.76. The number of benzene rings is 2. The molecule has 0 atom stereocenters. The van der Waals surface area contributed by atoms with Crippen molar-refractivity contribution in [2.24, 2.45) is 11.7 Å². The van der Waals surface area contributed by atoms with Crippen LogP contribution in [-0.2, 0) is 6.54 Å². The highest BCUT2D eigenvalue weighted by molar-refractivity contribution is 6.11. The summed E-state index contributed by atoms with van der Waals surface area (Å²) in [5.74, 6) is -0.206. The Morgan fingerprint density at radius 2 is 1.86 bits per heavy atom. The van der Waals surface area contributed by atoms with Crippen LogP contribution in [0.4, 0.5) is 5.69 Å². The fourth-order valence-electron chi connectivity index (χ4n) is 4.01. The highest BCUT2D eigenvalue weighted by Crippen LogP contribution is 2.27. The quantitative estimate of drug-likeness (QED) is 0.706. The number of nitrogens with zero attached hydrogens (tertiary/aromatic N) is 2. The minimum absolute atomic E-state index is 0.230. The SMILES string of the molecule is NC(=O)c1cccc(NC(=O)c2c3ccccc3nn2CC2CCCCC2)c1. The summed E-state index contributed by atoms with van der Waals surface area (Å²) in [6, 6.07) is 14.4. The largest absolute Gasteiger partial charge is 0.366 e. The van der Waals surface area contributed by atoms with Gasteiger partial charge in [0.1, 0.15) is 5.69 Å². The van der Waals surface area contributed by atoms with E-state index < -0.39 is 5.91 Å². The summed E-state index contributed by atoms with van der Waals surface area (Å²) in [6.45, 7) is 0.749. The summed E-state index contributed by atoms with van der Waals surface area (Å²) < 4.78 is 1.86. The molecule has 1 heterocycles. The van der Waals surface area contributed by atoms with Gasteiger partial charge in [-0.15, -0.1) is 0 Å². The first-order valence-corrected chi connectivity index (χ1v) is 9.78. The van der Waals surface area contributed by atoms with Gasteiger partial charge in [-0.1, -0.05) is 43.5 Å². The van der Waals surface area contributed by atoms with Crippen LogP contribution in [0.1, 0.15) is 53.0 Å². The number of hydrogen-bond donors (Lipinski definition) is 2. The van der Waals surface area contributed by atoms with E-state index >= 15 is 0 Å². The molecule has 3 aromatic rings. The van der Waals surface area contributed by atoms with Gasteiger partial charge in [-0.3, -0.25) is 14.3 Å². The van der Waals surface area contributed by atoms with Crippen molar-refractivity contribution in [3.63, 3.8) is 0 Å². The van der Waals surface area contributed by atoms with Crippen molar-refractivity contribution in [1.82, 2.24) is 9.78 Å². The van der Waals surface area contributed by atoms with Crippen LogP contribution in [0.3, 0.4) is 0 Å². The molecule has 0 aliphatic heterocycles. The van der Waals surface area contributed by atoms with Gasteiger partial charge in [0.2, 0.25) is 5.91 Å². The number of aromatic nitrogens is 2. The van der Waals surface area contributed by atoms with Crippen molar-refractivity contribution < 1.29 is 9.59 Å². The Bertz CT molecular complexity index is 1020. The monoisotopic (exact) mass is 376 g/mol. The number of nitrogens with one attached hydrogen (secondary N) is 1. The van der Waals surface area contributed by atoms with Gasteiger partial charge < -0.3 is 11.1 Å². The number of primary amides is 1. The van der Waals surface area contributed by atoms with Gasteiger partial charge in [0.25, 0.3) is 5.91 Å². The van der Waals surface area contributed by atoms with Crippen molar-refractivity contribution in [3.05, 3.63) is 59.8 Å². The van der Waals surface area contributed by atoms with E-state index in [1.54, 1.807) is 24.3 Å². The molecule has 144 valence electrons. The Labute approximate surface area is 163 Å². The van der Waals surface area contributed by atoms with Crippen LogP contribution in [0.2, 0.25) is 0 Å². The van der Waals surface area contributed by atoms with E-state index in [1.165, 1.54) is 32.1 Å². The molecule has 1 aliphatic rings. The van der Waals surface area contributed by atoms with Gasteiger partial charge >= 0.3 is 0 Å². The number of hydrogen-bond acceptors (Lipinski definition) is 3. The molecule has 1 aromatic heterocycles. The van der Waals surface area contributed by atoms with Gasteiger partial charge in [-0.25, -0.2) is 0 Å². The predicted molar refractivity (Wildman–Crippen MR) is 109 cm³/mol. The summed E-state index contributed by atoms with van der Waals surface area (Å²) in [6.07, 6.45) is 6.14. The van der Waals surface area contributed by atoms with Crippen LogP contribution >= 0.6 is 0 Å². The lowest BCUT2D eigenvalue weighted by Crippen LogP contribution is -2.22. The highest BCUT2D eigenvalue weighted by Gasteiger charge is 2.22. The molecule has 0 bridgehead atoms. The van der Waals surface area contributed by atoms with E-state index in [4.69, 9.17) is 10.8 Å². The first-order valence-electron chi connectivity index (χ1n) is 9.78. The molecule has 0 spiro atoms. The molecule has 0 saturated heterocycles. The molecule has 1 fully saturated rings. The molecule has 6 nitrogen and oxygen atoms in total. The molecule has 28 heavy (non-hydrogen) atoms. The Morgan fingerprint density at radius 3 is 2.64 bits per heavy atom. The highest BCUT2D eigenvalue weighted by atomic mass is 16.2. The molecule has 0 radical (unpaired) electrons. The third-order valence-electron chi connectivity index (χ3n) is 5.42. The molecule has 4 rings (SSSR count). The summed E-state index contributed by atoms with van der Waals surface area (Å²) in [5.41, 5.74) is 7.62. The zero-order valence-corrected chi connectivity index (χ0v) is 15.7. The summed E-state index contributed by atoms with van der Waals surface area (Å²) in [5, 5.41) is 8.43.